The number of hydrogen-bond donors (Lipinski definition) is 1. The van der Waals surface area contributed by atoms with Crippen LogP contribution >= 0.6 is 0 Å². The summed E-state index contributed by atoms with van der Waals surface area (Å²) in [5.41, 5.74) is 3.94. The van der Waals surface area contributed by atoms with E-state index in [1.54, 1.807) is 12.1 Å². The van der Waals surface area contributed by atoms with Gasteiger partial charge < -0.3 is 19.2 Å². The van der Waals surface area contributed by atoms with Crippen LogP contribution in [-0.4, -0.2) is 55.6 Å². The monoisotopic (exact) mass is 435 g/mol. The fraction of sp³-hybridized carbons (Fsp3) is 0.333. The maximum absolute atomic E-state index is 13.4. The summed E-state index contributed by atoms with van der Waals surface area (Å²) in [7, 11) is 4.52. The lowest BCUT2D eigenvalue weighted by Crippen LogP contribution is -2.44. The Morgan fingerprint density at radius 1 is 1.00 bits per heavy atom. The summed E-state index contributed by atoms with van der Waals surface area (Å²) in [6, 6.07) is 11.0. The van der Waals surface area contributed by atoms with Gasteiger partial charge in [-0.15, -0.1) is 0 Å². The van der Waals surface area contributed by atoms with Gasteiger partial charge in [0.25, 0.3) is 5.91 Å². The molecule has 2 amide bonds. The van der Waals surface area contributed by atoms with E-state index in [0.29, 0.717) is 29.5 Å². The number of aromatic nitrogens is 1. The quantitative estimate of drug-likeness (QED) is 0.621. The smallest absolute Gasteiger partial charge is 0.251 e. The number of carbonyl (C=O) groups excluding carboxylic acids is 2. The summed E-state index contributed by atoms with van der Waals surface area (Å²) < 4.78 is 16.1. The number of methoxy groups -OCH3 is 3. The van der Waals surface area contributed by atoms with Gasteiger partial charge in [-0.2, -0.15) is 0 Å². The number of benzene rings is 2. The molecule has 1 N–H and O–H groups in total. The zero-order valence-corrected chi connectivity index (χ0v) is 18.3. The van der Waals surface area contributed by atoms with Gasteiger partial charge in [0.05, 0.1) is 39.5 Å². The maximum Gasteiger partial charge on any atom is 0.251 e. The summed E-state index contributed by atoms with van der Waals surface area (Å²) in [6.45, 7) is 1.33. The van der Waals surface area contributed by atoms with E-state index in [1.165, 1.54) is 37.2 Å². The second kappa shape index (κ2) is 7.87. The molecule has 1 saturated heterocycles. The molecule has 166 valence electrons. The number of nitrogens with one attached hydrogen (secondary N) is 1. The number of nitrogens with zero attached hydrogens (tertiary/aromatic N) is 2. The van der Waals surface area contributed by atoms with Gasteiger partial charge in [-0.05, 0) is 18.1 Å². The molecule has 1 unspecified atom stereocenters. The van der Waals surface area contributed by atoms with Gasteiger partial charge in [-0.3, -0.25) is 14.5 Å². The van der Waals surface area contributed by atoms with Gasteiger partial charge in [-0.25, -0.2) is 4.90 Å². The van der Waals surface area contributed by atoms with Crippen LogP contribution in [0.4, 0.5) is 5.69 Å². The molecule has 2 aliphatic rings. The van der Waals surface area contributed by atoms with Gasteiger partial charge in [0.1, 0.15) is 0 Å². The highest BCUT2D eigenvalue weighted by molar-refractivity contribution is 6.22. The molecule has 0 saturated carbocycles. The fourth-order valence-electron chi connectivity index (χ4n) is 4.85. The number of amides is 2. The number of rotatable bonds is 5. The van der Waals surface area contributed by atoms with Crippen molar-refractivity contribution in [3.05, 3.63) is 47.7 Å². The highest BCUT2D eigenvalue weighted by Gasteiger charge is 2.44. The summed E-state index contributed by atoms with van der Waals surface area (Å²) in [4.78, 5) is 33.1. The number of H-pyrrole nitrogens is 1. The first-order valence-corrected chi connectivity index (χ1v) is 10.5. The zero-order valence-electron chi connectivity index (χ0n) is 18.3. The van der Waals surface area contributed by atoms with Gasteiger partial charge in [0.15, 0.2) is 11.5 Å². The summed E-state index contributed by atoms with van der Waals surface area (Å²) >= 11 is 0. The lowest BCUT2D eigenvalue weighted by molar-refractivity contribution is -0.123. The van der Waals surface area contributed by atoms with Crippen molar-refractivity contribution in [2.45, 2.75) is 25.4 Å². The minimum absolute atomic E-state index is 0.144. The first kappa shape index (κ1) is 20.4. The molecule has 0 radical (unpaired) electrons. The normalized spacial score (nSPS) is 18.8. The van der Waals surface area contributed by atoms with E-state index in [0.717, 1.165) is 24.2 Å². The van der Waals surface area contributed by atoms with Crippen LogP contribution in [0.25, 0.3) is 10.9 Å². The van der Waals surface area contributed by atoms with E-state index in [2.05, 4.69) is 22.0 Å². The first-order valence-electron chi connectivity index (χ1n) is 10.5. The lowest BCUT2D eigenvalue weighted by atomic mass is 10.0. The van der Waals surface area contributed by atoms with Crippen LogP contribution in [0.2, 0.25) is 0 Å². The number of aromatic amines is 1. The molecule has 1 aromatic heterocycles. The molecule has 1 fully saturated rings. The Labute approximate surface area is 185 Å². The second-order valence-electron chi connectivity index (χ2n) is 8.02. The van der Waals surface area contributed by atoms with Crippen LogP contribution in [0.3, 0.4) is 0 Å². The topological polar surface area (TPSA) is 84.1 Å². The molecular weight excluding hydrogens is 410 g/mol. The Kier molecular flexibility index (Phi) is 5.01. The van der Waals surface area contributed by atoms with Crippen molar-refractivity contribution in [1.82, 2.24) is 9.88 Å². The maximum atomic E-state index is 13.4. The van der Waals surface area contributed by atoms with Crippen LogP contribution in [-0.2, 0) is 22.6 Å². The van der Waals surface area contributed by atoms with E-state index in [1.807, 2.05) is 12.1 Å². The SMILES string of the molecule is COc1cc(N2C(=O)CC(N3CCc4c([nH]c5ccccc45)C3)C2=O)cc(OC)c1OC. The molecule has 0 bridgehead atoms. The van der Waals surface area contributed by atoms with Gasteiger partial charge >= 0.3 is 0 Å². The zero-order chi connectivity index (χ0) is 22.4. The first-order chi connectivity index (χ1) is 15.5. The molecule has 1 atom stereocenters. The molecular formula is C24H25N3O5. The Morgan fingerprint density at radius 2 is 1.72 bits per heavy atom. The standard InChI is InChI=1S/C24H25N3O5/c1-30-20-10-14(11-21(31-2)23(20)32-3)27-22(28)12-19(24(27)29)26-9-8-16-15-6-4-5-7-17(15)25-18(16)13-26/h4-7,10-11,19,25H,8-9,12-13H2,1-3H3. The van der Waals surface area contributed by atoms with Crippen LogP contribution < -0.4 is 19.1 Å². The minimum Gasteiger partial charge on any atom is -0.493 e. The van der Waals surface area contributed by atoms with Gasteiger partial charge in [0, 0.05) is 41.8 Å². The number of imide groups is 1. The summed E-state index contributed by atoms with van der Waals surface area (Å²) in [5.74, 6) is 0.732. The van der Waals surface area contributed by atoms with E-state index >= 15 is 0 Å². The number of hydrogen-bond acceptors (Lipinski definition) is 6. The molecule has 0 aliphatic carbocycles. The minimum atomic E-state index is -0.499. The highest BCUT2D eigenvalue weighted by atomic mass is 16.5. The molecule has 8 heteroatoms. The molecule has 32 heavy (non-hydrogen) atoms. The van der Waals surface area contributed by atoms with Crippen molar-refractivity contribution in [3.63, 3.8) is 0 Å². The van der Waals surface area contributed by atoms with Crippen LogP contribution in [0, 0.1) is 0 Å². The Hall–Kier alpha value is -3.52. The number of fused-ring (bicyclic) bond motifs is 3. The number of para-hydroxylation sites is 1. The Balaban J connectivity index is 1.43. The molecule has 8 nitrogen and oxygen atoms in total. The van der Waals surface area contributed by atoms with Crippen molar-refractivity contribution in [2.24, 2.45) is 0 Å². The molecule has 3 heterocycles. The highest BCUT2D eigenvalue weighted by Crippen LogP contribution is 2.42. The third-order valence-electron chi connectivity index (χ3n) is 6.38. The van der Waals surface area contributed by atoms with Crippen LogP contribution in [0.15, 0.2) is 36.4 Å². The van der Waals surface area contributed by atoms with E-state index < -0.39 is 6.04 Å². The average Bonchev–Trinajstić information content (AvgIpc) is 3.33. The van der Waals surface area contributed by atoms with Crippen molar-refractivity contribution >= 4 is 28.4 Å². The second-order valence-corrected chi connectivity index (χ2v) is 8.02. The number of carbonyl (C=O) groups is 2. The predicted molar refractivity (Wildman–Crippen MR) is 119 cm³/mol. The van der Waals surface area contributed by atoms with E-state index in [-0.39, 0.29) is 18.2 Å². The van der Waals surface area contributed by atoms with Crippen molar-refractivity contribution < 1.29 is 23.8 Å². The lowest BCUT2D eigenvalue weighted by Gasteiger charge is -2.30. The molecule has 2 aromatic carbocycles. The number of anilines is 1. The third kappa shape index (κ3) is 3.10. The molecule has 2 aliphatic heterocycles. The van der Waals surface area contributed by atoms with Crippen LogP contribution in [0.1, 0.15) is 17.7 Å². The van der Waals surface area contributed by atoms with Gasteiger partial charge in [-0.1, -0.05) is 18.2 Å². The summed E-state index contributed by atoms with van der Waals surface area (Å²) in [6.07, 6.45) is 0.979. The van der Waals surface area contributed by atoms with Crippen LogP contribution in [0.5, 0.6) is 17.2 Å². The summed E-state index contributed by atoms with van der Waals surface area (Å²) in [5, 5.41) is 1.23. The molecule has 3 aromatic rings. The Bertz CT molecular complexity index is 1190. The predicted octanol–water partition coefficient (Wildman–Crippen LogP) is 2.88. The van der Waals surface area contributed by atoms with Gasteiger partial charge in [0.2, 0.25) is 11.7 Å². The molecule has 5 rings (SSSR count). The molecule has 0 spiro atoms. The van der Waals surface area contributed by atoms with Crippen molar-refractivity contribution in [2.75, 3.05) is 32.8 Å². The van der Waals surface area contributed by atoms with E-state index in [9.17, 15) is 9.59 Å². The fourth-order valence-corrected chi connectivity index (χ4v) is 4.85. The Morgan fingerprint density at radius 3 is 2.41 bits per heavy atom. The average molecular weight is 435 g/mol. The number of ether oxygens (including phenoxy) is 3. The van der Waals surface area contributed by atoms with E-state index in [4.69, 9.17) is 14.2 Å². The van der Waals surface area contributed by atoms with Crippen molar-refractivity contribution in [3.8, 4) is 17.2 Å². The third-order valence-corrected chi connectivity index (χ3v) is 6.38. The van der Waals surface area contributed by atoms with Crippen molar-refractivity contribution in [1.29, 1.82) is 0 Å². The largest absolute Gasteiger partial charge is 0.493 e.